The van der Waals surface area contributed by atoms with Crippen LogP contribution in [0.2, 0.25) is 0 Å². The third kappa shape index (κ3) is 2.32. The van der Waals surface area contributed by atoms with Gasteiger partial charge in [0.1, 0.15) is 11.5 Å². The summed E-state index contributed by atoms with van der Waals surface area (Å²) in [6.07, 6.45) is 0. The number of nitrogens with one attached hydrogen (secondary N) is 1. The van der Waals surface area contributed by atoms with Gasteiger partial charge in [0, 0.05) is 19.5 Å². The maximum atomic E-state index is 13.9. The Morgan fingerprint density at radius 2 is 2.00 bits per heavy atom. The van der Waals surface area contributed by atoms with Crippen LogP contribution in [0.25, 0.3) is 10.9 Å². The zero-order valence-electron chi connectivity index (χ0n) is 13.4. The first-order chi connectivity index (χ1) is 11.3. The second kappa shape index (κ2) is 5.48. The molecule has 2 heterocycles. The average molecular weight is 329 g/mol. The number of carbonyl (C=O) groups excluding carboxylic acids is 2. The standard InChI is InChI=1S/C16H16FN5O2/c1-8-13(14(15(18)23)20-22(8)3)19-16(24)12-7-9-10(17)5-4-6-11(9)21(12)2/h4-7H,1-3H3,(H2,18,23)(H,19,24). The fraction of sp³-hybridized carbons (Fsp3) is 0.188. The number of nitrogens with zero attached hydrogens (tertiary/aromatic N) is 3. The van der Waals surface area contributed by atoms with Gasteiger partial charge in [0.25, 0.3) is 11.8 Å². The fourth-order valence-electron chi connectivity index (χ4n) is 2.65. The van der Waals surface area contributed by atoms with Gasteiger partial charge in [-0.1, -0.05) is 6.07 Å². The van der Waals surface area contributed by atoms with Gasteiger partial charge < -0.3 is 15.6 Å². The van der Waals surface area contributed by atoms with Crippen LogP contribution in [0.15, 0.2) is 24.3 Å². The lowest BCUT2D eigenvalue weighted by Crippen LogP contribution is -2.19. The number of aromatic nitrogens is 3. The average Bonchev–Trinajstić information content (AvgIpc) is 3.01. The highest BCUT2D eigenvalue weighted by Gasteiger charge is 2.22. The van der Waals surface area contributed by atoms with E-state index < -0.39 is 17.6 Å². The van der Waals surface area contributed by atoms with Crippen LogP contribution in [0.4, 0.5) is 10.1 Å². The molecule has 0 unspecified atom stereocenters. The van der Waals surface area contributed by atoms with Crippen LogP contribution in [0, 0.1) is 12.7 Å². The van der Waals surface area contributed by atoms with Gasteiger partial charge in [0.15, 0.2) is 5.69 Å². The third-order valence-corrected chi connectivity index (χ3v) is 4.07. The number of rotatable bonds is 3. The van der Waals surface area contributed by atoms with Crippen LogP contribution in [0.3, 0.4) is 0 Å². The monoisotopic (exact) mass is 329 g/mol. The maximum Gasteiger partial charge on any atom is 0.272 e. The van der Waals surface area contributed by atoms with Crippen molar-refractivity contribution in [2.45, 2.75) is 6.92 Å². The Balaban J connectivity index is 2.04. The molecular formula is C16H16FN5O2. The van der Waals surface area contributed by atoms with Crippen molar-refractivity contribution in [2.24, 2.45) is 19.8 Å². The van der Waals surface area contributed by atoms with E-state index in [-0.39, 0.29) is 17.1 Å². The fourth-order valence-corrected chi connectivity index (χ4v) is 2.65. The van der Waals surface area contributed by atoms with Crippen molar-refractivity contribution in [3.8, 4) is 0 Å². The molecule has 0 aliphatic heterocycles. The molecule has 0 aliphatic rings. The van der Waals surface area contributed by atoms with Crippen molar-refractivity contribution >= 4 is 28.4 Å². The van der Waals surface area contributed by atoms with Gasteiger partial charge in [0.05, 0.1) is 16.9 Å². The summed E-state index contributed by atoms with van der Waals surface area (Å²) in [5.41, 5.74) is 6.97. The molecule has 0 saturated carbocycles. The number of fused-ring (bicyclic) bond motifs is 1. The largest absolute Gasteiger partial charge is 0.364 e. The van der Waals surface area contributed by atoms with Crippen molar-refractivity contribution < 1.29 is 14.0 Å². The van der Waals surface area contributed by atoms with Crippen molar-refractivity contribution in [3.05, 3.63) is 47.2 Å². The Bertz CT molecular complexity index is 986. The number of hydrogen-bond donors (Lipinski definition) is 2. The Morgan fingerprint density at radius 1 is 1.29 bits per heavy atom. The summed E-state index contributed by atoms with van der Waals surface area (Å²) in [5, 5.41) is 7.00. The van der Waals surface area contributed by atoms with Crippen LogP contribution < -0.4 is 11.1 Å². The summed E-state index contributed by atoms with van der Waals surface area (Å²) in [7, 11) is 3.31. The predicted octanol–water partition coefficient (Wildman–Crippen LogP) is 1.71. The molecule has 0 aliphatic carbocycles. The zero-order valence-corrected chi connectivity index (χ0v) is 13.4. The number of anilines is 1. The molecule has 0 spiro atoms. The molecule has 124 valence electrons. The molecule has 0 radical (unpaired) electrons. The van der Waals surface area contributed by atoms with E-state index in [1.807, 2.05) is 0 Å². The van der Waals surface area contributed by atoms with E-state index in [1.54, 1.807) is 37.7 Å². The summed E-state index contributed by atoms with van der Waals surface area (Å²) in [6.45, 7) is 1.70. The number of aryl methyl sites for hydroxylation is 2. The van der Waals surface area contributed by atoms with E-state index in [1.165, 1.54) is 16.8 Å². The van der Waals surface area contributed by atoms with Crippen LogP contribution in [0.1, 0.15) is 26.7 Å². The number of benzene rings is 1. The minimum atomic E-state index is -0.739. The van der Waals surface area contributed by atoms with E-state index in [0.717, 1.165) is 0 Å². The van der Waals surface area contributed by atoms with Gasteiger partial charge in [-0.2, -0.15) is 5.10 Å². The Kier molecular flexibility index (Phi) is 3.59. The third-order valence-electron chi connectivity index (χ3n) is 4.07. The van der Waals surface area contributed by atoms with Crippen molar-refractivity contribution in [3.63, 3.8) is 0 Å². The van der Waals surface area contributed by atoms with Crippen molar-refractivity contribution in [1.82, 2.24) is 14.3 Å². The van der Waals surface area contributed by atoms with Crippen molar-refractivity contribution in [1.29, 1.82) is 0 Å². The molecule has 2 amide bonds. The van der Waals surface area contributed by atoms with Crippen LogP contribution in [-0.4, -0.2) is 26.2 Å². The summed E-state index contributed by atoms with van der Waals surface area (Å²) >= 11 is 0. The molecule has 24 heavy (non-hydrogen) atoms. The number of hydrogen-bond acceptors (Lipinski definition) is 3. The molecule has 0 saturated heterocycles. The molecule has 2 aromatic heterocycles. The summed E-state index contributed by atoms with van der Waals surface area (Å²) in [6, 6.07) is 6.10. The number of nitrogens with two attached hydrogens (primary N) is 1. The first-order valence-corrected chi connectivity index (χ1v) is 7.20. The topological polar surface area (TPSA) is 94.9 Å². The molecule has 3 N–H and O–H groups in total. The number of primary amides is 1. The number of carbonyl (C=O) groups is 2. The lowest BCUT2D eigenvalue weighted by Gasteiger charge is -2.07. The van der Waals surface area contributed by atoms with Gasteiger partial charge >= 0.3 is 0 Å². The van der Waals surface area contributed by atoms with E-state index in [9.17, 15) is 14.0 Å². The molecule has 8 heteroatoms. The molecule has 3 rings (SSSR count). The van der Waals surface area contributed by atoms with Gasteiger partial charge in [-0.15, -0.1) is 0 Å². The molecule has 0 atom stereocenters. The predicted molar refractivity (Wildman–Crippen MR) is 87.3 cm³/mol. The number of amides is 2. The quantitative estimate of drug-likeness (QED) is 0.766. The lowest BCUT2D eigenvalue weighted by atomic mass is 10.2. The smallest absolute Gasteiger partial charge is 0.272 e. The maximum absolute atomic E-state index is 13.9. The van der Waals surface area contributed by atoms with Crippen LogP contribution in [0.5, 0.6) is 0 Å². The molecule has 0 fully saturated rings. The minimum absolute atomic E-state index is 0.0201. The van der Waals surface area contributed by atoms with Gasteiger partial charge in [-0.3, -0.25) is 14.3 Å². The first-order valence-electron chi connectivity index (χ1n) is 7.20. The van der Waals surface area contributed by atoms with Gasteiger partial charge in [-0.05, 0) is 25.1 Å². The highest BCUT2D eigenvalue weighted by atomic mass is 19.1. The zero-order chi connectivity index (χ0) is 17.6. The summed E-state index contributed by atoms with van der Waals surface area (Å²) in [5.74, 6) is -1.62. The Labute approximate surface area is 136 Å². The van der Waals surface area contributed by atoms with E-state index in [2.05, 4.69) is 10.4 Å². The summed E-state index contributed by atoms with van der Waals surface area (Å²) in [4.78, 5) is 24.1. The van der Waals surface area contributed by atoms with Gasteiger partial charge in [-0.25, -0.2) is 4.39 Å². The van der Waals surface area contributed by atoms with Crippen LogP contribution >= 0.6 is 0 Å². The first kappa shape index (κ1) is 15.7. The molecule has 3 aromatic rings. The molecule has 0 bridgehead atoms. The molecule has 7 nitrogen and oxygen atoms in total. The second-order valence-corrected chi connectivity index (χ2v) is 5.51. The molecule has 1 aromatic carbocycles. The minimum Gasteiger partial charge on any atom is -0.364 e. The van der Waals surface area contributed by atoms with E-state index in [0.29, 0.717) is 16.6 Å². The van der Waals surface area contributed by atoms with E-state index >= 15 is 0 Å². The van der Waals surface area contributed by atoms with Crippen molar-refractivity contribution in [2.75, 3.05) is 5.32 Å². The highest BCUT2D eigenvalue weighted by Crippen LogP contribution is 2.24. The molecular weight excluding hydrogens is 313 g/mol. The Morgan fingerprint density at radius 3 is 2.62 bits per heavy atom. The summed E-state index contributed by atoms with van der Waals surface area (Å²) < 4.78 is 16.9. The Hall–Kier alpha value is -3.16. The van der Waals surface area contributed by atoms with Crippen LogP contribution in [-0.2, 0) is 14.1 Å². The number of halogens is 1. The second-order valence-electron chi connectivity index (χ2n) is 5.51. The van der Waals surface area contributed by atoms with Gasteiger partial charge in [0.2, 0.25) is 0 Å². The van der Waals surface area contributed by atoms with E-state index in [4.69, 9.17) is 5.73 Å². The highest BCUT2D eigenvalue weighted by molar-refractivity contribution is 6.09. The lowest BCUT2D eigenvalue weighted by molar-refractivity contribution is 0.0995. The SMILES string of the molecule is Cc1c(NC(=O)c2cc3c(F)cccc3n2C)c(C(N)=O)nn1C. The normalized spacial score (nSPS) is 11.0.